The molecule has 2 aromatic heterocycles. The number of hydrogen-bond donors (Lipinski definition) is 3. The van der Waals surface area contributed by atoms with Crippen molar-refractivity contribution < 1.29 is 19.4 Å². The molecule has 0 bridgehead atoms. The molecule has 0 radical (unpaired) electrons. The molecule has 35 heavy (non-hydrogen) atoms. The van der Waals surface area contributed by atoms with Crippen LogP contribution in [0.15, 0.2) is 10.9 Å². The highest BCUT2D eigenvalue weighted by Gasteiger charge is 2.31. The molecule has 190 valence electrons. The molecule has 2 atom stereocenters. The Morgan fingerprint density at radius 3 is 2.46 bits per heavy atom. The van der Waals surface area contributed by atoms with Gasteiger partial charge in [0.05, 0.1) is 30.9 Å². The van der Waals surface area contributed by atoms with Crippen LogP contribution in [0.1, 0.15) is 56.5 Å². The molecule has 3 heterocycles. The number of aromatic hydroxyl groups is 1. The Kier molecular flexibility index (Phi) is 6.88. The lowest BCUT2D eigenvalue weighted by molar-refractivity contribution is -0.138. The average molecular weight is 487 g/mol. The van der Waals surface area contributed by atoms with Gasteiger partial charge in [-0.05, 0) is 38.7 Å². The van der Waals surface area contributed by atoms with E-state index in [2.05, 4.69) is 15.7 Å². The van der Waals surface area contributed by atoms with Gasteiger partial charge in [0.15, 0.2) is 17.0 Å². The van der Waals surface area contributed by atoms with Crippen molar-refractivity contribution in [1.82, 2.24) is 24.4 Å². The highest BCUT2D eigenvalue weighted by Crippen LogP contribution is 2.28. The number of ether oxygens (including phenoxy) is 1. The van der Waals surface area contributed by atoms with Crippen LogP contribution >= 0.6 is 0 Å². The standard InChI is InChI=1S/C24H34N6O5/c1-13(2)10-28-22-17(8-9-18(31)29-14(3)11-35-12-15(29)4)20(25-5)27-30(22)24(34)19(23(28)33)21(32)26-16-6-7-16/h8-9,13-16,34H,6-7,10-12H2,1-5H3,(H,25,27)(H,26,32)/b9-8+/t14-,15-/m0/s1. The summed E-state index contributed by atoms with van der Waals surface area (Å²) in [5, 5.41) is 21.1. The Hall–Kier alpha value is -3.34. The molecule has 1 aliphatic carbocycles. The molecule has 11 heteroatoms. The first kappa shape index (κ1) is 24.8. The first-order chi connectivity index (χ1) is 16.6. The van der Waals surface area contributed by atoms with E-state index in [0.717, 1.165) is 12.8 Å². The minimum atomic E-state index is -0.613. The summed E-state index contributed by atoms with van der Waals surface area (Å²) in [6, 6.07) is -0.117. The number of anilines is 1. The maximum absolute atomic E-state index is 13.5. The fraction of sp³-hybridized carbons (Fsp3) is 0.583. The predicted molar refractivity (Wildman–Crippen MR) is 132 cm³/mol. The molecule has 0 aromatic carbocycles. The number of amides is 2. The van der Waals surface area contributed by atoms with Gasteiger partial charge in [0.2, 0.25) is 11.8 Å². The molecule has 11 nitrogen and oxygen atoms in total. The molecule has 2 aliphatic rings. The number of morpholine rings is 1. The summed E-state index contributed by atoms with van der Waals surface area (Å²) in [6.45, 7) is 9.01. The van der Waals surface area contributed by atoms with Gasteiger partial charge in [0, 0.05) is 25.7 Å². The van der Waals surface area contributed by atoms with Crippen LogP contribution in [-0.2, 0) is 16.1 Å². The molecule has 2 fully saturated rings. The maximum atomic E-state index is 13.5. The molecule has 0 spiro atoms. The van der Waals surface area contributed by atoms with Gasteiger partial charge in [-0.15, -0.1) is 5.10 Å². The van der Waals surface area contributed by atoms with Crippen molar-refractivity contribution in [3.8, 4) is 5.88 Å². The Bertz CT molecular complexity index is 1220. The van der Waals surface area contributed by atoms with Crippen molar-refractivity contribution in [2.75, 3.05) is 25.6 Å². The molecular weight excluding hydrogens is 452 g/mol. The zero-order valence-corrected chi connectivity index (χ0v) is 20.9. The number of carbonyl (C=O) groups excluding carboxylic acids is 2. The fourth-order valence-electron chi connectivity index (χ4n) is 4.50. The number of hydrogen-bond acceptors (Lipinski definition) is 7. The third-order valence-electron chi connectivity index (χ3n) is 6.27. The van der Waals surface area contributed by atoms with E-state index in [1.165, 1.54) is 15.2 Å². The number of carbonyl (C=O) groups is 2. The minimum Gasteiger partial charge on any atom is -0.492 e. The second kappa shape index (κ2) is 9.73. The van der Waals surface area contributed by atoms with Gasteiger partial charge in [0.1, 0.15) is 0 Å². The normalized spacial score (nSPS) is 20.7. The largest absolute Gasteiger partial charge is 0.492 e. The van der Waals surface area contributed by atoms with Crippen LogP contribution in [0.3, 0.4) is 0 Å². The molecule has 2 aromatic rings. The zero-order chi connectivity index (χ0) is 25.4. The number of nitrogens with zero attached hydrogens (tertiary/aromatic N) is 4. The summed E-state index contributed by atoms with van der Waals surface area (Å²) in [7, 11) is 1.66. The lowest BCUT2D eigenvalue weighted by Crippen LogP contribution is -2.51. The first-order valence-corrected chi connectivity index (χ1v) is 12.1. The van der Waals surface area contributed by atoms with Crippen molar-refractivity contribution >= 4 is 29.4 Å². The van der Waals surface area contributed by atoms with E-state index in [1.54, 1.807) is 18.0 Å². The van der Waals surface area contributed by atoms with Crippen LogP contribution in [0.4, 0.5) is 5.82 Å². The lowest BCUT2D eigenvalue weighted by atomic mass is 10.1. The molecular formula is C24H34N6O5. The van der Waals surface area contributed by atoms with Crippen molar-refractivity contribution in [1.29, 1.82) is 0 Å². The van der Waals surface area contributed by atoms with Crippen LogP contribution < -0.4 is 16.2 Å². The Morgan fingerprint density at radius 1 is 1.23 bits per heavy atom. The van der Waals surface area contributed by atoms with Gasteiger partial charge in [-0.1, -0.05) is 13.8 Å². The van der Waals surface area contributed by atoms with Crippen LogP contribution in [-0.4, -0.2) is 74.4 Å². The van der Waals surface area contributed by atoms with E-state index in [1.807, 2.05) is 27.7 Å². The molecule has 2 amide bonds. The molecule has 1 aliphatic heterocycles. The Labute approximate surface area is 203 Å². The first-order valence-electron chi connectivity index (χ1n) is 12.1. The molecule has 1 saturated heterocycles. The number of rotatable bonds is 7. The molecule has 4 rings (SSSR count). The van der Waals surface area contributed by atoms with E-state index < -0.39 is 17.3 Å². The topological polar surface area (TPSA) is 130 Å². The van der Waals surface area contributed by atoms with Gasteiger partial charge >= 0.3 is 0 Å². The van der Waals surface area contributed by atoms with Crippen molar-refractivity contribution in [2.45, 2.75) is 65.2 Å². The summed E-state index contributed by atoms with van der Waals surface area (Å²) < 4.78 is 8.16. The third kappa shape index (κ3) is 4.77. The molecule has 3 N–H and O–H groups in total. The Balaban J connectivity index is 1.84. The van der Waals surface area contributed by atoms with E-state index >= 15 is 0 Å². The van der Waals surface area contributed by atoms with Crippen molar-refractivity contribution in [2.24, 2.45) is 5.92 Å². The quantitative estimate of drug-likeness (QED) is 0.505. The highest BCUT2D eigenvalue weighted by molar-refractivity contribution is 5.98. The third-order valence-corrected chi connectivity index (χ3v) is 6.27. The lowest BCUT2D eigenvalue weighted by Gasteiger charge is -2.38. The zero-order valence-electron chi connectivity index (χ0n) is 20.9. The number of nitrogens with one attached hydrogen (secondary N) is 2. The van der Waals surface area contributed by atoms with Gasteiger partial charge in [0.25, 0.3) is 11.5 Å². The van der Waals surface area contributed by atoms with Crippen LogP contribution in [0.2, 0.25) is 0 Å². The van der Waals surface area contributed by atoms with Gasteiger partial charge < -0.3 is 25.4 Å². The molecule has 1 saturated carbocycles. The monoisotopic (exact) mass is 486 g/mol. The molecule has 0 unspecified atom stereocenters. The summed E-state index contributed by atoms with van der Waals surface area (Å²) in [4.78, 5) is 41.1. The number of fused-ring (bicyclic) bond motifs is 1. The number of aromatic nitrogens is 3. The van der Waals surface area contributed by atoms with Gasteiger partial charge in [-0.25, -0.2) is 0 Å². The van der Waals surface area contributed by atoms with E-state index in [0.29, 0.717) is 36.8 Å². The average Bonchev–Trinajstić information content (AvgIpc) is 3.52. The fourth-order valence-corrected chi connectivity index (χ4v) is 4.50. The van der Waals surface area contributed by atoms with Crippen LogP contribution in [0.5, 0.6) is 5.88 Å². The van der Waals surface area contributed by atoms with E-state index in [4.69, 9.17) is 4.74 Å². The summed E-state index contributed by atoms with van der Waals surface area (Å²) in [5.41, 5.74) is -0.157. The predicted octanol–water partition coefficient (Wildman–Crippen LogP) is 1.44. The minimum absolute atomic E-state index is 0.0236. The SMILES string of the molecule is CNc1nn2c(O)c(C(=O)NC3CC3)c(=O)n(CC(C)C)c2c1/C=C/C(=O)N1[C@@H](C)COC[C@@H]1C. The van der Waals surface area contributed by atoms with Gasteiger partial charge in [-0.2, -0.15) is 4.52 Å². The highest BCUT2D eigenvalue weighted by atomic mass is 16.5. The van der Waals surface area contributed by atoms with E-state index in [-0.39, 0.29) is 35.5 Å². The summed E-state index contributed by atoms with van der Waals surface area (Å²) >= 11 is 0. The maximum Gasteiger partial charge on any atom is 0.270 e. The second-order valence-electron chi connectivity index (χ2n) is 9.82. The summed E-state index contributed by atoms with van der Waals surface area (Å²) in [5.74, 6) is -0.887. The van der Waals surface area contributed by atoms with Crippen molar-refractivity contribution in [3.05, 3.63) is 27.6 Å². The van der Waals surface area contributed by atoms with Crippen LogP contribution in [0.25, 0.3) is 11.7 Å². The summed E-state index contributed by atoms with van der Waals surface area (Å²) in [6.07, 6.45) is 4.75. The van der Waals surface area contributed by atoms with E-state index in [9.17, 15) is 19.5 Å². The van der Waals surface area contributed by atoms with Crippen molar-refractivity contribution in [3.63, 3.8) is 0 Å². The van der Waals surface area contributed by atoms with Gasteiger partial charge in [-0.3, -0.25) is 19.0 Å². The second-order valence-corrected chi connectivity index (χ2v) is 9.82. The smallest absolute Gasteiger partial charge is 0.270 e. The Morgan fingerprint density at radius 2 is 1.89 bits per heavy atom. The van der Waals surface area contributed by atoms with Crippen LogP contribution in [0, 0.1) is 5.92 Å².